The van der Waals surface area contributed by atoms with E-state index >= 15 is 0 Å². The van der Waals surface area contributed by atoms with Crippen LogP contribution in [0.4, 0.5) is 14.9 Å². The average Bonchev–Trinajstić information content (AvgIpc) is 3.42. The number of cyclic esters (lactones) is 1. The fourth-order valence-corrected chi connectivity index (χ4v) is 5.07. The van der Waals surface area contributed by atoms with E-state index in [-0.39, 0.29) is 29.5 Å². The molecule has 2 atom stereocenters. The second-order valence-electron chi connectivity index (χ2n) is 8.82. The van der Waals surface area contributed by atoms with Gasteiger partial charge in [0.2, 0.25) is 0 Å². The molecule has 4 heterocycles. The Labute approximate surface area is 194 Å². The molecule has 0 saturated carbocycles. The Morgan fingerprint density at radius 3 is 2.71 bits per heavy atom. The third-order valence-electron chi connectivity index (χ3n) is 6.69. The Bertz CT molecular complexity index is 1340. The lowest BCUT2D eigenvalue weighted by atomic mass is 9.99. The van der Waals surface area contributed by atoms with E-state index in [4.69, 9.17) is 14.2 Å². The number of fused-ring (bicyclic) bond motifs is 1. The molecule has 8 nitrogen and oxygen atoms in total. The van der Waals surface area contributed by atoms with Gasteiger partial charge in [-0.2, -0.15) is 0 Å². The number of aromatic nitrogens is 1. The standard InChI is InChI=1S/C25H24FN3O5/c26-19-4-1-15-2-6-22(30)29-13-16(23(19)24(15)29)12-27-8-7-18-14-28(25(31)34-18)17-3-5-20-21(11-17)33-10-9-32-20/h1-6,11,16,18,27H,7-10,12-14H2/t16-,18+/m1/s1. The zero-order chi connectivity index (χ0) is 23.2. The first-order chi connectivity index (χ1) is 16.6. The lowest BCUT2D eigenvalue weighted by Gasteiger charge is -2.21. The predicted octanol–water partition coefficient (Wildman–Crippen LogP) is 3.01. The summed E-state index contributed by atoms with van der Waals surface area (Å²) < 4.78 is 33.0. The van der Waals surface area contributed by atoms with Crippen molar-refractivity contribution >= 4 is 22.7 Å². The van der Waals surface area contributed by atoms with E-state index in [0.717, 1.165) is 5.39 Å². The maximum absolute atomic E-state index is 14.6. The molecule has 3 aromatic rings. The normalized spacial score (nSPS) is 20.7. The summed E-state index contributed by atoms with van der Waals surface area (Å²) >= 11 is 0. The largest absolute Gasteiger partial charge is 0.486 e. The highest BCUT2D eigenvalue weighted by Gasteiger charge is 2.33. The van der Waals surface area contributed by atoms with Crippen LogP contribution in [0.2, 0.25) is 0 Å². The number of ether oxygens (including phenoxy) is 3. The summed E-state index contributed by atoms with van der Waals surface area (Å²) in [6.07, 6.45) is -0.0168. The van der Waals surface area contributed by atoms with Crippen molar-refractivity contribution in [3.8, 4) is 11.5 Å². The summed E-state index contributed by atoms with van der Waals surface area (Å²) in [6.45, 7) is 3.02. The van der Waals surface area contributed by atoms with E-state index in [1.807, 2.05) is 6.07 Å². The Kier molecular flexibility index (Phi) is 5.13. The van der Waals surface area contributed by atoms with Gasteiger partial charge >= 0.3 is 6.09 Å². The highest BCUT2D eigenvalue weighted by molar-refractivity contribution is 5.90. The molecule has 1 aromatic heterocycles. The van der Waals surface area contributed by atoms with Gasteiger partial charge in [-0.15, -0.1) is 0 Å². The van der Waals surface area contributed by atoms with Gasteiger partial charge in [-0.05, 0) is 48.7 Å². The summed E-state index contributed by atoms with van der Waals surface area (Å²) in [5, 5.41) is 4.23. The number of hydrogen-bond donors (Lipinski definition) is 1. The number of amides is 1. The quantitative estimate of drug-likeness (QED) is 0.564. The van der Waals surface area contributed by atoms with Gasteiger partial charge in [-0.3, -0.25) is 9.69 Å². The molecule has 176 valence electrons. The van der Waals surface area contributed by atoms with Crippen LogP contribution in [0, 0.1) is 5.82 Å². The number of halogens is 1. The Morgan fingerprint density at radius 2 is 1.82 bits per heavy atom. The zero-order valence-electron chi connectivity index (χ0n) is 18.5. The summed E-state index contributed by atoms with van der Waals surface area (Å²) in [4.78, 5) is 26.3. The van der Waals surface area contributed by atoms with Crippen molar-refractivity contribution in [2.75, 3.05) is 37.7 Å². The van der Waals surface area contributed by atoms with Crippen LogP contribution in [0.15, 0.2) is 47.3 Å². The van der Waals surface area contributed by atoms with Gasteiger partial charge in [0.1, 0.15) is 25.1 Å². The zero-order valence-corrected chi connectivity index (χ0v) is 18.5. The number of nitrogens with zero attached hydrogens (tertiary/aromatic N) is 2. The second kappa shape index (κ2) is 8.32. The third kappa shape index (κ3) is 3.56. The molecule has 1 saturated heterocycles. The van der Waals surface area contributed by atoms with E-state index in [0.29, 0.717) is 74.1 Å². The van der Waals surface area contributed by atoms with Gasteiger partial charge < -0.3 is 24.1 Å². The number of benzene rings is 2. The number of carbonyl (C=O) groups is 1. The van der Waals surface area contributed by atoms with Crippen molar-refractivity contribution < 1.29 is 23.4 Å². The van der Waals surface area contributed by atoms with Crippen LogP contribution < -0.4 is 25.2 Å². The van der Waals surface area contributed by atoms with Crippen LogP contribution >= 0.6 is 0 Å². The van der Waals surface area contributed by atoms with Crippen LogP contribution in [-0.2, 0) is 11.3 Å². The Balaban J connectivity index is 1.06. The summed E-state index contributed by atoms with van der Waals surface area (Å²) in [5.41, 5.74) is 1.89. The lowest BCUT2D eigenvalue weighted by Crippen LogP contribution is -2.28. The topological polar surface area (TPSA) is 82.0 Å². The van der Waals surface area contributed by atoms with E-state index in [2.05, 4.69) is 5.32 Å². The SMILES string of the molecule is O=C1O[C@@H](CCNC[C@@H]2Cn3c(=O)ccc4ccc(F)c2c43)CN1c1ccc2c(c1)OCCO2. The summed E-state index contributed by atoms with van der Waals surface area (Å²) in [5.74, 6) is 0.891. The van der Waals surface area contributed by atoms with Crippen LogP contribution in [0.5, 0.6) is 11.5 Å². The fourth-order valence-electron chi connectivity index (χ4n) is 5.07. The van der Waals surface area contributed by atoms with Crippen molar-refractivity contribution in [1.29, 1.82) is 0 Å². The van der Waals surface area contributed by atoms with Crippen molar-refractivity contribution in [3.05, 3.63) is 64.2 Å². The smallest absolute Gasteiger partial charge is 0.414 e. The molecule has 6 rings (SSSR count). The first-order valence-electron chi connectivity index (χ1n) is 11.5. The van der Waals surface area contributed by atoms with Crippen LogP contribution in [0.25, 0.3) is 10.9 Å². The number of carbonyl (C=O) groups excluding carboxylic acids is 1. The minimum atomic E-state index is -0.388. The third-order valence-corrected chi connectivity index (χ3v) is 6.69. The molecule has 0 radical (unpaired) electrons. The molecule has 0 spiro atoms. The monoisotopic (exact) mass is 465 g/mol. The summed E-state index contributed by atoms with van der Waals surface area (Å²) in [6, 6.07) is 11.9. The Hall–Kier alpha value is -3.59. The molecule has 1 amide bonds. The van der Waals surface area contributed by atoms with Crippen LogP contribution in [-0.4, -0.2) is 49.6 Å². The van der Waals surface area contributed by atoms with Crippen molar-refractivity contribution in [1.82, 2.24) is 9.88 Å². The van der Waals surface area contributed by atoms with E-state index in [9.17, 15) is 14.0 Å². The van der Waals surface area contributed by atoms with Gasteiger partial charge in [0.05, 0.1) is 17.7 Å². The maximum Gasteiger partial charge on any atom is 0.414 e. The summed E-state index contributed by atoms with van der Waals surface area (Å²) in [7, 11) is 0. The first-order valence-corrected chi connectivity index (χ1v) is 11.5. The number of anilines is 1. The van der Waals surface area contributed by atoms with E-state index < -0.39 is 0 Å². The molecular weight excluding hydrogens is 441 g/mol. The highest BCUT2D eigenvalue weighted by atomic mass is 19.1. The van der Waals surface area contributed by atoms with E-state index in [1.165, 1.54) is 12.1 Å². The molecule has 34 heavy (non-hydrogen) atoms. The molecule has 0 unspecified atom stereocenters. The first kappa shape index (κ1) is 21.0. The lowest BCUT2D eigenvalue weighted by molar-refractivity contribution is 0.136. The minimum absolute atomic E-state index is 0.112. The number of rotatable bonds is 6. The minimum Gasteiger partial charge on any atom is -0.486 e. The fraction of sp³-hybridized carbons (Fsp3) is 0.360. The molecule has 3 aliphatic rings. The van der Waals surface area contributed by atoms with Crippen molar-refractivity contribution in [3.63, 3.8) is 0 Å². The molecule has 9 heteroatoms. The second-order valence-corrected chi connectivity index (χ2v) is 8.82. The predicted molar refractivity (Wildman–Crippen MR) is 123 cm³/mol. The molecule has 1 N–H and O–H groups in total. The molecule has 3 aliphatic heterocycles. The van der Waals surface area contributed by atoms with Crippen LogP contribution in [0.3, 0.4) is 0 Å². The molecule has 2 aromatic carbocycles. The highest BCUT2D eigenvalue weighted by Crippen LogP contribution is 2.36. The Morgan fingerprint density at radius 1 is 1.00 bits per heavy atom. The van der Waals surface area contributed by atoms with Gasteiger partial charge in [0.25, 0.3) is 5.56 Å². The molecular formula is C25H24FN3O5. The average molecular weight is 465 g/mol. The van der Waals surface area contributed by atoms with Gasteiger partial charge in [-0.25, -0.2) is 9.18 Å². The van der Waals surface area contributed by atoms with Gasteiger partial charge in [0, 0.05) is 36.7 Å². The molecule has 1 fully saturated rings. The maximum atomic E-state index is 14.6. The van der Waals surface area contributed by atoms with Gasteiger partial charge in [-0.1, -0.05) is 0 Å². The molecule has 0 bridgehead atoms. The van der Waals surface area contributed by atoms with Crippen molar-refractivity contribution in [2.24, 2.45) is 0 Å². The van der Waals surface area contributed by atoms with Crippen LogP contribution in [0.1, 0.15) is 17.9 Å². The van der Waals surface area contributed by atoms with E-state index in [1.54, 1.807) is 33.7 Å². The number of hydrogen-bond acceptors (Lipinski definition) is 6. The van der Waals surface area contributed by atoms with Crippen molar-refractivity contribution in [2.45, 2.75) is 25.0 Å². The number of pyridine rings is 1. The van der Waals surface area contributed by atoms with Gasteiger partial charge in [0.15, 0.2) is 11.5 Å². The number of nitrogens with one attached hydrogen (secondary N) is 1. The molecule has 0 aliphatic carbocycles.